The van der Waals surface area contributed by atoms with Crippen LogP contribution >= 0.6 is 7.60 Å². The highest BCUT2D eigenvalue weighted by Crippen LogP contribution is 2.50. The Morgan fingerprint density at radius 2 is 0.415 bits per heavy atom. The van der Waals surface area contributed by atoms with E-state index in [9.17, 15) is 18.7 Å². The second-order valence-electron chi connectivity index (χ2n) is 29.4. The van der Waals surface area contributed by atoms with Gasteiger partial charge in [-0.3, -0.25) is 4.57 Å². The monoisotopic (exact) mass is 1630 g/mol. The van der Waals surface area contributed by atoms with Gasteiger partial charge in [0.1, 0.15) is 0 Å². The minimum atomic E-state index is -5.45. The van der Waals surface area contributed by atoms with E-state index in [2.05, 4.69) is 37.1 Å². The number of nitrogens with zero attached hydrogens (tertiary/aromatic N) is 4. The van der Waals surface area contributed by atoms with E-state index >= 15 is 61.5 Å². The third-order valence-electron chi connectivity index (χ3n) is 21.5. The fourth-order valence-corrected chi connectivity index (χ4v) is 17.5. The van der Waals surface area contributed by atoms with Gasteiger partial charge in [-0.15, -0.1) is 0 Å². The third kappa shape index (κ3) is 12.4. The molecule has 27 heteroatoms. The van der Waals surface area contributed by atoms with Crippen LogP contribution < -0.4 is 5.30 Å². The van der Waals surface area contributed by atoms with Crippen LogP contribution in [0.2, 0.25) is 0 Å². The Morgan fingerprint density at radius 3 is 0.636 bits per heavy atom. The van der Waals surface area contributed by atoms with Crippen molar-refractivity contribution in [2.75, 3.05) is 0 Å². The van der Waals surface area contributed by atoms with Gasteiger partial charge in [0.25, 0.3) is 0 Å². The second kappa shape index (κ2) is 28.3. The van der Waals surface area contributed by atoms with Gasteiger partial charge in [0.05, 0.1) is 67.5 Å². The first kappa shape index (κ1) is 77.4. The molecule has 0 amide bonds. The number of aryl methyl sites for hydroxylation is 9. The van der Waals surface area contributed by atoms with Crippen molar-refractivity contribution in [1.29, 1.82) is 0 Å². The number of fused-ring (bicyclic) bond motifs is 16. The molecule has 0 spiro atoms. The SMILES string of the molecule is Cc1cc(C)c(-c2c3nc(c(-c4c(C)cc(C)cc4C)c4ccc([nH]4)c(-c4c(C)cc(C)cc4C)c4nc(c(-c5cc(P(=O)(O)O)ccc5-c5c6nc(c(-c7c(F)c(F)c(F)c(F)c7F)c7ccc([nH]7)c(-c7c(F)c(F)c(F)c(F)c7F)c7nc(c(-c8c(F)c(F)c(F)c(F)c8F)c8ccc5[nH]8)C=C7)C=C6)c5ccc2[nH]5)C=C4)C=C3)c(C)c1. The van der Waals surface area contributed by atoms with Gasteiger partial charge in [0.15, 0.2) is 69.8 Å². The van der Waals surface area contributed by atoms with Crippen LogP contribution in [0.25, 0.3) is 182 Å². The molecule has 0 radical (unpaired) electrons. The van der Waals surface area contributed by atoms with E-state index in [1.54, 1.807) is 24.3 Å². The van der Waals surface area contributed by atoms with Crippen LogP contribution in [-0.2, 0) is 4.57 Å². The van der Waals surface area contributed by atoms with Crippen molar-refractivity contribution in [1.82, 2.24) is 39.9 Å². The maximum Gasteiger partial charge on any atom is 0.356 e. The Labute approximate surface area is 659 Å². The van der Waals surface area contributed by atoms with Crippen molar-refractivity contribution >= 4 is 106 Å². The van der Waals surface area contributed by atoms with Gasteiger partial charge in [-0.25, -0.2) is 85.8 Å². The van der Waals surface area contributed by atoms with Gasteiger partial charge in [-0.1, -0.05) is 59.2 Å². The summed E-state index contributed by atoms with van der Waals surface area (Å²) in [4.78, 5) is 56.1. The Morgan fingerprint density at radius 1 is 0.229 bits per heavy atom. The highest BCUT2D eigenvalue weighted by Gasteiger charge is 2.36. The molecule has 118 heavy (non-hydrogen) atoms. The lowest BCUT2D eigenvalue weighted by Crippen LogP contribution is -2.06. The molecule has 7 aromatic carbocycles. The van der Waals surface area contributed by atoms with Gasteiger partial charge in [-0.05, 0) is 233 Å². The van der Waals surface area contributed by atoms with Crippen molar-refractivity contribution in [2.24, 2.45) is 0 Å². The molecule has 11 nitrogen and oxygen atoms in total. The summed E-state index contributed by atoms with van der Waals surface area (Å²) < 4.78 is 256. The molecule has 590 valence electrons. The molecule has 0 unspecified atom stereocenters. The Hall–Kier alpha value is -13.2. The zero-order chi connectivity index (χ0) is 83.7. The minimum absolute atomic E-state index is 0.0429. The van der Waals surface area contributed by atoms with Crippen LogP contribution in [-0.4, -0.2) is 49.7 Å². The Balaban J connectivity index is 1.09. The van der Waals surface area contributed by atoms with E-state index in [0.29, 0.717) is 44.8 Å². The number of hydrogen-bond acceptors (Lipinski definition) is 5. The van der Waals surface area contributed by atoms with Gasteiger partial charge < -0.3 is 29.7 Å². The van der Waals surface area contributed by atoms with Crippen LogP contribution in [0.3, 0.4) is 0 Å². The van der Waals surface area contributed by atoms with Gasteiger partial charge in [0.2, 0.25) is 17.5 Å². The van der Waals surface area contributed by atoms with Gasteiger partial charge >= 0.3 is 7.60 Å². The first-order valence-corrected chi connectivity index (χ1v) is 38.0. The molecular formula is C91H58F15N8O3P. The summed E-state index contributed by atoms with van der Waals surface area (Å²) >= 11 is 0. The van der Waals surface area contributed by atoms with Gasteiger partial charge in [-0.2, -0.15) is 0 Å². The van der Waals surface area contributed by atoms with E-state index < -0.39 is 173 Å². The van der Waals surface area contributed by atoms with E-state index in [-0.39, 0.29) is 39.0 Å². The summed E-state index contributed by atoms with van der Waals surface area (Å²) in [7, 11) is -5.45. The number of hydrogen-bond donors (Lipinski definition) is 6. The molecule has 6 N–H and O–H groups in total. The molecule has 13 aromatic rings. The largest absolute Gasteiger partial charge is 0.356 e. The normalized spacial score (nSPS) is 12.6. The van der Waals surface area contributed by atoms with Crippen molar-refractivity contribution in [2.45, 2.75) is 62.3 Å². The number of benzene rings is 7. The first-order valence-electron chi connectivity index (χ1n) is 36.4. The van der Waals surface area contributed by atoms with Gasteiger partial charge in [0, 0.05) is 88.6 Å². The molecule has 0 atom stereocenters. The summed E-state index contributed by atoms with van der Waals surface area (Å²) in [5, 5.41) is -0.636. The first-order chi connectivity index (χ1) is 56.1. The molecule has 10 heterocycles. The Kier molecular flexibility index (Phi) is 18.6. The molecular weight excluding hydrogens is 1570 g/mol. The summed E-state index contributed by atoms with van der Waals surface area (Å²) in [5.74, 6) is -38.0. The molecule has 16 bridgehead atoms. The van der Waals surface area contributed by atoms with Crippen LogP contribution in [0.5, 0.6) is 0 Å². The average molecular weight is 1630 g/mol. The summed E-state index contributed by atoms with van der Waals surface area (Å²) in [6.45, 7) is 17.8. The molecule has 4 aliphatic rings. The second-order valence-corrected chi connectivity index (χ2v) is 31.0. The average Bonchev–Trinajstić information content (AvgIpc) is 1.59. The fourth-order valence-electron chi connectivity index (χ4n) is 16.9. The zero-order valence-electron chi connectivity index (χ0n) is 63.1. The van der Waals surface area contributed by atoms with Crippen LogP contribution in [0.15, 0.2) is 103 Å². The van der Waals surface area contributed by atoms with Crippen LogP contribution in [0, 0.1) is 150 Å². The highest BCUT2D eigenvalue weighted by atomic mass is 31.2. The van der Waals surface area contributed by atoms with E-state index in [1.807, 2.05) is 111 Å². The predicted octanol–water partition coefficient (Wildman–Crippen LogP) is 24.6. The zero-order valence-corrected chi connectivity index (χ0v) is 64.0. The molecule has 0 fully saturated rings. The topological polar surface area (TPSA) is 172 Å². The quantitative estimate of drug-likeness (QED) is 0.0361. The van der Waals surface area contributed by atoms with E-state index in [4.69, 9.17) is 15.0 Å². The molecule has 0 saturated carbocycles. The minimum Gasteiger partial charge on any atom is -0.354 e. The maximum atomic E-state index is 17.0. The molecule has 4 aliphatic heterocycles. The van der Waals surface area contributed by atoms with E-state index in [0.717, 1.165) is 133 Å². The van der Waals surface area contributed by atoms with Crippen molar-refractivity contribution in [3.8, 4) is 89.0 Å². The number of rotatable bonds is 9. The molecule has 0 aliphatic carbocycles. The maximum absolute atomic E-state index is 17.0. The lowest BCUT2D eigenvalue weighted by Gasteiger charge is -2.16. The number of aromatic nitrogens is 8. The predicted molar refractivity (Wildman–Crippen MR) is 428 cm³/mol. The highest BCUT2D eigenvalue weighted by molar-refractivity contribution is 7.60. The van der Waals surface area contributed by atoms with Crippen molar-refractivity contribution in [3.05, 3.63) is 286 Å². The number of nitrogens with one attached hydrogen (secondary N) is 4. The Bertz CT molecular complexity index is 7040. The summed E-state index contributed by atoms with van der Waals surface area (Å²) in [6, 6.07) is 26.8. The van der Waals surface area contributed by atoms with Crippen LogP contribution in [0.1, 0.15) is 95.6 Å². The summed E-state index contributed by atoms with van der Waals surface area (Å²) in [6.07, 6.45) is 10.9. The number of H-pyrrole nitrogens is 4. The van der Waals surface area contributed by atoms with Crippen LogP contribution in [0.4, 0.5) is 65.9 Å². The van der Waals surface area contributed by atoms with Crippen molar-refractivity contribution in [3.63, 3.8) is 0 Å². The van der Waals surface area contributed by atoms with Crippen molar-refractivity contribution < 1.29 is 80.2 Å². The number of halogens is 15. The smallest absolute Gasteiger partial charge is 0.354 e. The van der Waals surface area contributed by atoms with E-state index in [1.165, 1.54) is 6.07 Å². The third-order valence-corrected chi connectivity index (χ3v) is 22.5. The fraction of sp³-hybridized carbons (Fsp3) is 0.0989. The lowest BCUT2D eigenvalue weighted by molar-refractivity contribution is 0.381. The molecule has 6 aromatic heterocycles. The molecule has 0 saturated heterocycles. The molecule has 17 rings (SSSR count). The summed E-state index contributed by atoms with van der Waals surface area (Å²) in [5.41, 5.74) is 1.44. The lowest BCUT2D eigenvalue weighted by atomic mass is 9.92. The number of aromatic amines is 4. The standard InChI is InChI=1S/C91H58F15N8O3P/c1-35-28-38(4)63(39(5)29-35)68-51-16-14-49(109-51)67(50-15-17-52(110-50)69(64-40(6)30-36(2)31-41(64)7)54-21-23-56(112-54)70(55-22-20-53(68)111-55)65-42(8)32-37(3)33-43(65)9)46-34-44(118(115,116)117)10-11-45(46)66-47-12-18-57(107-47)71(74-77(92)83(98)89(104)84(99)78(74)93)59-24-26-61(113-59)73(76-81(96)87(102)91(106)88(103)82(76)97)62-27-25-60(114-62)72(58-19-13-48(66)108-58)75-79(94)85(100)90(105)86(101)80(75)95/h10-34,107,109,112,114H,1-9H3,(H2,115,116,117).